The molecule has 0 atom stereocenters. The van der Waals surface area contributed by atoms with Crippen LogP contribution < -0.4 is 0 Å². The van der Waals surface area contributed by atoms with Gasteiger partial charge in [-0.2, -0.15) is 70.8 Å². The maximum Gasteiger partial charge on any atom is 3.00 e. The Hall–Kier alpha value is -6.96. The normalized spacial score (nSPS) is 11.2. The Morgan fingerprint density at radius 1 is 0.408 bits per heavy atom. The minimum atomic E-state index is 0. The Morgan fingerprint density at radius 3 is 1.37 bits per heavy atom. The van der Waals surface area contributed by atoms with Crippen LogP contribution in [-0.4, -0.2) is 4.98 Å². The molecule has 0 saturated heterocycles. The summed E-state index contributed by atoms with van der Waals surface area (Å²) in [6.07, 6.45) is 5.77. The van der Waals surface area contributed by atoms with E-state index in [2.05, 4.69) is 249 Å². The van der Waals surface area contributed by atoms with Crippen LogP contribution in [0.4, 0.5) is 0 Å². The van der Waals surface area contributed by atoms with E-state index >= 15 is 0 Å². The van der Waals surface area contributed by atoms with Gasteiger partial charge in [0, 0.05) is 6.20 Å². The molecule has 0 aliphatic rings. The Bertz CT molecular complexity index is 3370. The van der Waals surface area contributed by atoms with E-state index in [0.717, 1.165) is 48.1 Å². The Balaban J connectivity index is 0.00000145. The van der Waals surface area contributed by atoms with Gasteiger partial charge in [-0.1, -0.05) is 186 Å². The van der Waals surface area contributed by atoms with Crippen molar-refractivity contribution in [3.05, 3.63) is 247 Å². The first-order chi connectivity index (χ1) is 33.9. The van der Waals surface area contributed by atoms with E-state index in [1.165, 1.54) is 88.0 Å². The monoisotopic (exact) mass is 1100 g/mol. The van der Waals surface area contributed by atoms with E-state index in [4.69, 9.17) is 14.3 Å². The second-order valence-corrected chi connectivity index (χ2v) is 20.1. The SMILES string of the molecule is CC(C)(C)c1c[c-]cc(CCc2cc(CCc3c[c-]cc(C(C)(C)C)c3)cc(-c3ccccc3-c3c[c-]c(-c4cc(-c5ccc6c7ccccc7c7ccccc7c6c5)ccn4)cc3)c2)c1.[C-]#[O+].[C-]#[O+].[Ir+3]. The van der Waals surface area contributed by atoms with Gasteiger partial charge in [0.2, 0.25) is 0 Å². The molecule has 0 saturated carbocycles. The Kier molecular flexibility index (Phi) is 16.7. The molecule has 0 amide bonds. The average Bonchev–Trinajstić information content (AvgIpc) is 3.40. The van der Waals surface area contributed by atoms with Crippen LogP contribution in [0.25, 0.3) is 77.0 Å². The third-order valence-corrected chi connectivity index (χ3v) is 13.4. The summed E-state index contributed by atoms with van der Waals surface area (Å²) in [5.41, 5.74) is 17.2. The third kappa shape index (κ3) is 11.8. The summed E-state index contributed by atoms with van der Waals surface area (Å²) >= 11 is 0. The number of aryl methyl sites for hydroxylation is 4. The second kappa shape index (κ2) is 22.9. The molecule has 3 nitrogen and oxygen atoms in total. The van der Waals surface area contributed by atoms with E-state index in [1.54, 1.807) is 0 Å². The minimum absolute atomic E-state index is 0. The number of fused-ring (bicyclic) bond motifs is 6. The van der Waals surface area contributed by atoms with Gasteiger partial charge in [-0.3, -0.25) is 0 Å². The molecular formula is C67H56IrNO2. The number of aromatic nitrogens is 1. The van der Waals surface area contributed by atoms with Gasteiger partial charge in [0.15, 0.2) is 0 Å². The zero-order chi connectivity index (χ0) is 49.4. The Labute approximate surface area is 433 Å². The van der Waals surface area contributed by atoms with Crippen molar-refractivity contribution in [2.75, 3.05) is 0 Å². The van der Waals surface area contributed by atoms with Crippen molar-refractivity contribution >= 4 is 32.3 Å². The van der Waals surface area contributed by atoms with Gasteiger partial charge in [-0.15, -0.1) is 29.8 Å². The average molecular weight is 1100 g/mol. The summed E-state index contributed by atoms with van der Waals surface area (Å²) in [5, 5.41) is 7.67. The van der Waals surface area contributed by atoms with Crippen LogP contribution in [0.15, 0.2) is 182 Å². The van der Waals surface area contributed by atoms with E-state index in [9.17, 15) is 0 Å². The van der Waals surface area contributed by atoms with Gasteiger partial charge in [0.05, 0.1) is 0 Å². The van der Waals surface area contributed by atoms with Crippen molar-refractivity contribution < 1.29 is 29.4 Å². The Morgan fingerprint density at radius 2 is 0.859 bits per heavy atom. The summed E-state index contributed by atoms with van der Waals surface area (Å²) in [6.45, 7) is 22.7. The van der Waals surface area contributed by atoms with E-state index in [0.29, 0.717) is 0 Å². The molecule has 0 N–H and O–H groups in total. The number of nitrogens with zero attached hydrogens (tertiary/aromatic N) is 1. The van der Waals surface area contributed by atoms with Crippen molar-refractivity contribution in [2.45, 2.75) is 78.1 Å². The molecule has 0 aliphatic carbocycles. The van der Waals surface area contributed by atoms with Crippen LogP contribution >= 0.6 is 0 Å². The van der Waals surface area contributed by atoms with Crippen molar-refractivity contribution in [1.82, 2.24) is 4.98 Å². The molecule has 1 heterocycles. The molecule has 0 aliphatic heterocycles. The number of benzene rings is 9. The molecule has 0 fully saturated rings. The standard InChI is InChI=1S/C65H56N.2CO.Ir/c1-64(2,3)53-17-13-15-44(40-53)25-27-46-37-47(28-26-45-16-14-18-54(41-45)65(4,5)6)39-52(38-46)56-20-8-7-19-55(56)48-29-31-49(32-30-48)63-43-51(35-36-66-63)50-33-34-61-59-23-10-9-21-57(59)58-22-11-12-24-60(58)62(61)42-50;2*1-2;/h7-12,15-24,29-31,33-43H,25-28H2,1-6H3;;;/q-3;;;+3. The molecule has 4 heteroatoms. The molecule has 0 radical (unpaired) electrons. The predicted octanol–water partition coefficient (Wildman–Crippen LogP) is 16.7. The van der Waals surface area contributed by atoms with E-state index in [-0.39, 0.29) is 30.9 Å². The molecule has 0 spiro atoms. The molecule has 9 aromatic carbocycles. The molecule has 1 aromatic heterocycles. The molecule has 350 valence electrons. The topological polar surface area (TPSA) is 52.7 Å². The van der Waals surface area contributed by atoms with E-state index < -0.39 is 0 Å². The van der Waals surface area contributed by atoms with E-state index in [1.807, 2.05) is 6.20 Å². The van der Waals surface area contributed by atoms with Gasteiger partial charge in [0.1, 0.15) is 0 Å². The maximum atomic E-state index is 7.50. The third-order valence-electron chi connectivity index (χ3n) is 13.4. The van der Waals surface area contributed by atoms with Crippen molar-refractivity contribution in [3.8, 4) is 44.6 Å². The van der Waals surface area contributed by atoms with Crippen LogP contribution in [0, 0.1) is 31.5 Å². The predicted molar refractivity (Wildman–Crippen MR) is 288 cm³/mol. The zero-order valence-corrected chi connectivity index (χ0v) is 43.6. The molecular weight excluding hydrogens is 1040 g/mol. The molecule has 10 aromatic rings. The van der Waals surface area contributed by atoms with Crippen LogP contribution in [0.3, 0.4) is 0 Å². The maximum absolute atomic E-state index is 7.50. The van der Waals surface area contributed by atoms with Crippen molar-refractivity contribution in [2.24, 2.45) is 0 Å². The van der Waals surface area contributed by atoms with Crippen LogP contribution in [0.1, 0.15) is 74.9 Å². The van der Waals surface area contributed by atoms with Crippen molar-refractivity contribution in [3.63, 3.8) is 0 Å². The summed E-state index contributed by atoms with van der Waals surface area (Å²) in [6, 6.07) is 75.2. The number of hydrogen-bond donors (Lipinski definition) is 0. The first kappa shape index (κ1) is 51.9. The van der Waals surface area contributed by atoms with Gasteiger partial charge in [0.25, 0.3) is 0 Å². The fourth-order valence-corrected chi connectivity index (χ4v) is 9.56. The quantitative estimate of drug-likeness (QED) is 0.0765. The summed E-state index contributed by atoms with van der Waals surface area (Å²) < 4.78 is 15.0. The number of hydrogen-bond acceptors (Lipinski definition) is 1. The second-order valence-electron chi connectivity index (χ2n) is 20.1. The first-order valence-electron chi connectivity index (χ1n) is 23.9. The smallest absolute Gasteiger partial charge is 3.00 e. The van der Waals surface area contributed by atoms with Gasteiger partial charge in [-0.25, -0.2) is 0 Å². The van der Waals surface area contributed by atoms with Crippen LogP contribution in [-0.2, 0) is 65.9 Å². The summed E-state index contributed by atoms with van der Waals surface area (Å²) in [5.74, 6) is 0. The number of rotatable bonds is 10. The van der Waals surface area contributed by atoms with Gasteiger partial charge >= 0.3 is 42.7 Å². The molecule has 0 bridgehead atoms. The van der Waals surface area contributed by atoms with Gasteiger partial charge < -0.3 is 4.98 Å². The summed E-state index contributed by atoms with van der Waals surface area (Å²) in [4.78, 5) is 4.85. The fourth-order valence-electron chi connectivity index (χ4n) is 9.56. The first-order valence-corrected chi connectivity index (χ1v) is 23.9. The van der Waals surface area contributed by atoms with Crippen LogP contribution in [0.2, 0.25) is 0 Å². The minimum Gasteiger partial charge on any atom is 3.00 e. The molecule has 0 unspecified atom stereocenters. The zero-order valence-electron chi connectivity index (χ0n) is 41.2. The molecule has 10 rings (SSSR count). The largest absolute Gasteiger partial charge is 3.00 e. The van der Waals surface area contributed by atoms with Crippen LogP contribution in [0.5, 0.6) is 0 Å². The summed E-state index contributed by atoms with van der Waals surface area (Å²) in [7, 11) is 0. The number of pyridine rings is 1. The van der Waals surface area contributed by atoms with Crippen molar-refractivity contribution in [1.29, 1.82) is 0 Å². The van der Waals surface area contributed by atoms with Gasteiger partial charge in [-0.05, 0) is 96.4 Å². The molecule has 71 heavy (non-hydrogen) atoms. The fraction of sp³-hybridized carbons (Fsp3) is 0.179.